The van der Waals surface area contributed by atoms with Gasteiger partial charge >= 0.3 is 6.03 Å². The van der Waals surface area contributed by atoms with Crippen molar-refractivity contribution in [2.75, 3.05) is 6.54 Å². The van der Waals surface area contributed by atoms with Gasteiger partial charge < -0.3 is 16.4 Å². The largest absolute Gasteiger partial charge is 0.352 e. The lowest BCUT2D eigenvalue weighted by Crippen LogP contribution is -2.52. The number of primary amides is 1. The van der Waals surface area contributed by atoms with Crippen LogP contribution in [0.15, 0.2) is 48.5 Å². The molecule has 4 amide bonds. The van der Waals surface area contributed by atoms with Gasteiger partial charge in [-0.3, -0.25) is 14.8 Å². The van der Waals surface area contributed by atoms with E-state index in [1.54, 1.807) is 24.3 Å². The number of nitrogens with one attached hydrogen (secondary N) is 3. The summed E-state index contributed by atoms with van der Waals surface area (Å²) in [5.74, 6) is -1.40. The van der Waals surface area contributed by atoms with Crippen LogP contribution in [0.2, 0.25) is 0 Å². The SMILES string of the molecule is C.CCc1ccc(-c2ccc(C(=O)N[C@@H](CNC(N)=O)C(=O)NO)cc2)cc1. The molecule has 8 heteroatoms. The Kier molecular flexibility index (Phi) is 8.64. The van der Waals surface area contributed by atoms with Crippen molar-refractivity contribution < 1.29 is 19.6 Å². The van der Waals surface area contributed by atoms with E-state index in [-0.39, 0.29) is 14.0 Å². The summed E-state index contributed by atoms with van der Waals surface area (Å²) in [5, 5.41) is 13.4. The molecule has 150 valence electrons. The molecule has 0 bridgehead atoms. The van der Waals surface area contributed by atoms with Gasteiger partial charge in [0, 0.05) is 12.1 Å². The van der Waals surface area contributed by atoms with E-state index >= 15 is 0 Å². The van der Waals surface area contributed by atoms with E-state index in [4.69, 9.17) is 10.9 Å². The summed E-state index contributed by atoms with van der Waals surface area (Å²) in [5.41, 5.74) is 9.96. The van der Waals surface area contributed by atoms with Crippen LogP contribution in [0, 0.1) is 0 Å². The second-order valence-electron chi connectivity index (χ2n) is 5.88. The molecule has 0 saturated heterocycles. The first-order valence-electron chi connectivity index (χ1n) is 8.42. The molecular formula is C20H26N4O4. The van der Waals surface area contributed by atoms with Crippen LogP contribution in [-0.2, 0) is 11.2 Å². The monoisotopic (exact) mass is 386 g/mol. The molecule has 2 aromatic carbocycles. The zero-order chi connectivity index (χ0) is 19.8. The van der Waals surface area contributed by atoms with Crippen molar-refractivity contribution in [2.45, 2.75) is 26.8 Å². The Morgan fingerprint density at radius 1 is 1.00 bits per heavy atom. The zero-order valence-corrected chi connectivity index (χ0v) is 14.9. The normalized spacial score (nSPS) is 10.9. The number of benzene rings is 2. The summed E-state index contributed by atoms with van der Waals surface area (Å²) in [7, 11) is 0. The van der Waals surface area contributed by atoms with E-state index in [0.29, 0.717) is 5.56 Å². The van der Waals surface area contributed by atoms with Crippen molar-refractivity contribution in [1.82, 2.24) is 16.1 Å². The van der Waals surface area contributed by atoms with Crippen LogP contribution in [-0.4, -0.2) is 35.6 Å². The predicted octanol–water partition coefficient (Wildman–Crippen LogP) is 1.82. The molecule has 0 aliphatic heterocycles. The maximum Gasteiger partial charge on any atom is 0.312 e. The third-order valence-corrected chi connectivity index (χ3v) is 4.06. The van der Waals surface area contributed by atoms with Crippen LogP contribution in [0.1, 0.15) is 30.3 Å². The number of aryl methyl sites for hydroxylation is 1. The second-order valence-corrected chi connectivity index (χ2v) is 5.88. The first-order valence-corrected chi connectivity index (χ1v) is 8.42. The minimum Gasteiger partial charge on any atom is -0.352 e. The molecule has 8 nitrogen and oxygen atoms in total. The van der Waals surface area contributed by atoms with E-state index in [0.717, 1.165) is 17.5 Å². The summed E-state index contributed by atoms with van der Waals surface area (Å²) in [6.07, 6.45) is 0.965. The first kappa shape index (κ1) is 22.7. The lowest BCUT2D eigenvalue weighted by atomic mass is 10.0. The smallest absolute Gasteiger partial charge is 0.312 e. The van der Waals surface area contributed by atoms with Crippen molar-refractivity contribution >= 4 is 17.8 Å². The summed E-state index contributed by atoms with van der Waals surface area (Å²) in [4.78, 5) is 34.7. The van der Waals surface area contributed by atoms with Gasteiger partial charge in [-0.2, -0.15) is 0 Å². The van der Waals surface area contributed by atoms with E-state index < -0.39 is 23.9 Å². The van der Waals surface area contributed by atoms with Gasteiger partial charge in [-0.1, -0.05) is 50.7 Å². The van der Waals surface area contributed by atoms with Crippen molar-refractivity contribution in [2.24, 2.45) is 5.73 Å². The molecule has 0 heterocycles. The Hall–Kier alpha value is -3.39. The highest BCUT2D eigenvalue weighted by Crippen LogP contribution is 2.20. The van der Waals surface area contributed by atoms with Crippen LogP contribution in [0.25, 0.3) is 11.1 Å². The lowest BCUT2D eigenvalue weighted by Gasteiger charge is -2.17. The number of amides is 4. The Morgan fingerprint density at radius 2 is 1.54 bits per heavy atom. The predicted molar refractivity (Wildman–Crippen MR) is 107 cm³/mol. The highest BCUT2D eigenvalue weighted by molar-refractivity contribution is 5.98. The molecule has 6 N–H and O–H groups in total. The molecule has 0 unspecified atom stereocenters. The summed E-state index contributed by atoms with van der Waals surface area (Å²) < 4.78 is 0. The second kappa shape index (κ2) is 10.7. The van der Waals surface area contributed by atoms with Gasteiger partial charge in [0.05, 0.1) is 0 Å². The van der Waals surface area contributed by atoms with Crippen LogP contribution >= 0.6 is 0 Å². The van der Waals surface area contributed by atoms with Gasteiger partial charge in [-0.15, -0.1) is 0 Å². The fraction of sp³-hybridized carbons (Fsp3) is 0.250. The molecule has 1 atom stereocenters. The molecule has 0 fully saturated rings. The number of nitrogens with two attached hydrogens (primary N) is 1. The maximum absolute atomic E-state index is 12.3. The number of rotatable bonds is 7. The number of hydroxylamine groups is 1. The molecule has 0 saturated carbocycles. The number of urea groups is 1. The van der Waals surface area contributed by atoms with Crippen molar-refractivity contribution in [3.63, 3.8) is 0 Å². The third kappa shape index (κ3) is 6.10. The average Bonchev–Trinajstić information content (AvgIpc) is 2.70. The summed E-state index contributed by atoms with van der Waals surface area (Å²) >= 11 is 0. The molecule has 28 heavy (non-hydrogen) atoms. The van der Waals surface area contributed by atoms with E-state index in [2.05, 4.69) is 29.7 Å². The third-order valence-electron chi connectivity index (χ3n) is 4.06. The Labute approximate surface area is 164 Å². The van der Waals surface area contributed by atoms with Gasteiger partial charge in [-0.05, 0) is 35.2 Å². The minimum atomic E-state index is -1.17. The van der Waals surface area contributed by atoms with Gasteiger partial charge in [-0.25, -0.2) is 10.3 Å². The molecule has 2 rings (SSSR count). The molecule has 0 radical (unpaired) electrons. The van der Waals surface area contributed by atoms with Gasteiger partial charge in [0.25, 0.3) is 11.8 Å². The molecule has 0 spiro atoms. The van der Waals surface area contributed by atoms with Crippen molar-refractivity contribution in [3.8, 4) is 11.1 Å². The zero-order valence-electron chi connectivity index (χ0n) is 14.9. The fourth-order valence-electron chi connectivity index (χ4n) is 2.48. The summed E-state index contributed by atoms with van der Waals surface area (Å²) in [6, 6.07) is 13.0. The molecule has 0 aliphatic carbocycles. The lowest BCUT2D eigenvalue weighted by molar-refractivity contribution is -0.131. The van der Waals surface area contributed by atoms with Gasteiger partial charge in [0.2, 0.25) is 0 Å². The van der Waals surface area contributed by atoms with Crippen LogP contribution in [0.3, 0.4) is 0 Å². The highest BCUT2D eigenvalue weighted by Gasteiger charge is 2.21. The Balaban J connectivity index is 0.00000392. The molecule has 2 aromatic rings. The van der Waals surface area contributed by atoms with E-state index in [1.165, 1.54) is 11.0 Å². The summed E-state index contributed by atoms with van der Waals surface area (Å²) in [6.45, 7) is 1.83. The number of hydrogen-bond donors (Lipinski definition) is 5. The minimum absolute atomic E-state index is 0. The Morgan fingerprint density at radius 3 is 2.00 bits per heavy atom. The van der Waals surface area contributed by atoms with Gasteiger partial charge in [0.1, 0.15) is 6.04 Å². The van der Waals surface area contributed by atoms with Gasteiger partial charge in [0.15, 0.2) is 0 Å². The quantitative estimate of drug-likeness (QED) is 0.366. The molecule has 0 aromatic heterocycles. The number of carbonyl (C=O) groups is 3. The van der Waals surface area contributed by atoms with Crippen molar-refractivity contribution in [3.05, 3.63) is 59.7 Å². The van der Waals surface area contributed by atoms with Crippen LogP contribution in [0.5, 0.6) is 0 Å². The number of hydrogen-bond acceptors (Lipinski definition) is 4. The van der Waals surface area contributed by atoms with Crippen LogP contribution in [0.4, 0.5) is 4.79 Å². The standard InChI is InChI=1S/C19H22N4O4.CH4/c1-2-12-3-5-13(6-4-12)14-7-9-15(10-8-14)17(24)22-16(18(25)23-27)11-21-19(20)26;/h3-10,16,27H,2,11H2,1H3,(H,22,24)(H,23,25)(H3,20,21,26);1H4/t16-;/m0./s1. The van der Waals surface area contributed by atoms with Crippen molar-refractivity contribution in [1.29, 1.82) is 0 Å². The first-order chi connectivity index (χ1) is 12.9. The maximum atomic E-state index is 12.3. The molecular weight excluding hydrogens is 360 g/mol. The molecule has 0 aliphatic rings. The topological polar surface area (TPSA) is 134 Å². The van der Waals surface area contributed by atoms with Crippen LogP contribution < -0.4 is 21.8 Å². The Bertz CT molecular complexity index is 804. The highest BCUT2D eigenvalue weighted by atomic mass is 16.5. The fourth-order valence-corrected chi connectivity index (χ4v) is 2.48. The average molecular weight is 386 g/mol. The van der Waals surface area contributed by atoms with E-state index in [1.807, 2.05) is 12.1 Å². The van der Waals surface area contributed by atoms with E-state index in [9.17, 15) is 14.4 Å². The number of carbonyl (C=O) groups excluding carboxylic acids is 3.